The van der Waals surface area contributed by atoms with Crippen molar-refractivity contribution in [2.24, 2.45) is 5.92 Å². The van der Waals surface area contributed by atoms with Gasteiger partial charge >= 0.3 is 0 Å². The first-order valence-electron chi connectivity index (χ1n) is 6.95. The summed E-state index contributed by atoms with van der Waals surface area (Å²) in [4.78, 5) is 0. The van der Waals surface area contributed by atoms with E-state index in [0.29, 0.717) is 12.7 Å². The molecule has 0 bridgehead atoms. The van der Waals surface area contributed by atoms with Crippen LogP contribution in [0.2, 0.25) is 0 Å². The number of hydrogen-bond donors (Lipinski definition) is 1. The minimum absolute atomic E-state index is 0.428. The molecule has 0 aromatic carbocycles. The summed E-state index contributed by atoms with van der Waals surface area (Å²) in [5.74, 6) is 0.872. The molecule has 1 fully saturated rings. The van der Waals surface area contributed by atoms with Crippen molar-refractivity contribution in [2.45, 2.75) is 58.7 Å². The number of nitrogens with one attached hydrogen (secondary N) is 1. The zero-order valence-corrected chi connectivity index (χ0v) is 12.1. The molecule has 0 spiro atoms. The van der Waals surface area contributed by atoms with E-state index in [1.54, 1.807) is 11.3 Å². The molecule has 2 rings (SSSR count). The zero-order chi connectivity index (χ0) is 12.8. The highest BCUT2D eigenvalue weighted by Gasteiger charge is 2.19. The zero-order valence-electron chi connectivity index (χ0n) is 11.3. The molecule has 1 heterocycles. The van der Waals surface area contributed by atoms with Gasteiger partial charge in [0.25, 0.3) is 0 Å². The minimum Gasteiger partial charge on any atom is -0.371 e. The van der Waals surface area contributed by atoms with Gasteiger partial charge in [0.1, 0.15) is 11.6 Å². The summed E-state index contributed by atoms with van der Waals surface area (Å²) in [5, 5.41) is 13.4. The lowest BCUT2D eigenvalue weighted by molar-refractivity contribution is 0.00849. The van der Waals surface area contributed by atoms with Crippen molar-refractivity contribution in [3.63, 3.8) is 0 Å². The van der Waals surface area contributed by atoms with Crippen LogP contribution in [0.25, 0.3) is 0 Å². The number of rotatable bonds is 6. The highest BCUT2D eigenvalue weighted by Crippen LogP contribution is 2.26. The summed E-state index contributed by atoms with van der Waals surface area (Å²) in [6.45, 7) is 6.04. The molecule has 18 heavy (non-hydrogen) atoms. The third kappa shape index (κ3) is 4.21. The van der Waals surface area contributed by atoms with Gasteiger partial charge in [-0.3, -0.25) is 0 Å². The maximum Gasteiger partial charge on any atom is 0.205 e. The lowest BCUT2D eigenvalue weighted by Gasteiger charge is -2.25. The highest BCUT2D eigenvalue weighted by molar-refractivity contribution is 7.15. The Morgan fingerprint density at radius 1 is 1.28 bits per heavy atom. The molecule has 1 aromatic rings. The SMILES string of the molecule is CCCNc1nnc(COC2CCC(C)CC2)s1. The largest absolute Gasteiger partial charge is 0.371 e. The second-order valence-corrected chi connectivity index (χ2v) is 6.18. The predicted molar refractivity (Wildman–Crippen MR) is 74.9 cm³/mol. The molecule has 1 N–H and O–H groups in total. The van der Waals surface area contributed by atoms with E-state index in [4.69, 9.17) is 4.74 Å². The predicted octanol–water partition coefficient (Wildman–Crippen LogP) is 3.46. The van der Waals surface area contributed by atoms with Crippen molar-refractivity contribution < 1.29 is 4.74 Å². The van der Waals surface area contributed by atoms with Crippen molar-refractivity contribution in [2.75, 3.05) is 11.9 Å². The maximum absolute atomic E-state index is 5.92. The molecule has 4 nitrogen and oxygen atoms in total. The van der Waals surface area contributed by atoms with Crippen LogP contribution in [0.1, 0.15) is 51.0 Å². The molecular formula is C13H23N3OS. The summed E-state index contributed by atoms with van der Waals surface area (Å²) in [5.41, 5.74) is 0. The number of anilines is 1. The van der Waals surface area contributed by atoms with Gasteiger partial charge in [-0.25, -0.2) is 0 Å². The second kappa shape index (κ2) is 7.04. The summed E-state index contributed by atoms with van der Waals surface area (Å²) in [6, 6.07) is 0. The Balaban J connectivity index is 1.71. The van der Waals surface area contributed by atoms with E-state index < -0.39 is 0 Å². The summed E-state index contributed by atoms with van der Waals surface area (Å²) in [7, 11) is 0. The van der Waals surface area contributed by atoms with Gasteiger partial charge in [0, 0.05) is 6.54 Å². The normalized spacial score (nSPS) is 24.1. The van der Waals surface area contributed by atoms with Gasteiger partial charge in [0.15, 0.2) is 0 Å². The van der Waals surface area contributed by atoms with E-state index in [0.717, 1.165) is 29.0 Å². The van der Waals surface area contributed by atoms with Crippen molar-refractivity contribution >= 4 is 16.5 Å². The van der Waals surface area contributed by atoms with Gasteiger partial charge < -0.3 is 10.1 Å². The maximum atomic E-state index is 5.92. The fourth-order valence-electron chi connectivity index (χ4n) is 2.20. The van der Waals surface area contributed by atoms with Crippen molar-refractivity contribution in [3.05, 3.63) is 5.01 Å². The average Bonchev–Trinajstić information content (AvgIpc) is 2.84. The van der Waals surface area contributed by atoms with E-state index in [1.165, 1.54) is 25.7 Å². The van der Waals surface area contributed by atoms with E-state index >= 15 is 0 Å². The molecule has 1 aliphatic rings. The second-order valence-electron chi connectivity index (χ2n) is 5.12. The fraction of sp³-hybridized carbons (Fsp3) is 0.846. The number of hydrogen-bond acceptors (Lipinski definition) is 5. The molecule has 1 aliphatic carbocycles. The van der Waals surface area contributed by atoms with Crippen molar-refractivity contribution in [1.29, 1.82) is 0 Å². The van der Waals surface area contributed by atoms with Crippen LogP contribution in [0.3, 0.4) is 0 Å². The monoisotopic (exact) mass is 269 g/mol. The van der Waals surface area contributed by atoms with Crippen LogP contribution in [-0.2, 0) is 11.3 Å². The Bertz CT molecular complexity index is 348. The summed E-state index contributed by atoms with van der Waals surface area (Å²) >= 11 is 1.60. The molecule has 0 aliphatic heterocycles. The molecule has 0 radical (unpaired) electrons. The molecule has 0 unspecified atom stereocenters. The number of ether oxygens (including phenoxy) is 1. The first kappa shape index (κ1) is 13.7. The van der Waals surface area contributed by atoms with Gasteiger partial charge in [0.2, 0.25) is 5.13 Å². The molecule has 0 atom stereocenters. The molecule has 0 saturated heterocycles. The van der Waals surface area contributed by atoms with Crippen LogP contribution in [-0.4, -0.2) is 22.8 Å². The van der Waals surface area contributed by atoms with Crippen LogP contribution in [0, 0.1) is 5.92 Å². The van der Waals surface area contributed by atoms with Gasteiger partial charge in [-0.15, -0.1) is 10.2 Å². The Morgan fingerprint density at radius 3 is 2.78 bits per heavy atom. The Kier molecular flexibility index (Phi) is 5.38. The number of aromatic nitrogens is 2. The van der Waals surface area contributed by atoms with Crippen molar-refractivity contribution in [3.8, 4) is 0 Å². The molecule has 102 valence electrons. The standard InChI is InChI=1S/C13H23N3OS/c1-3-8-14-13-16-15-12(18-13)9-17-11-6-4-10(2)5-7-11/h10-11H,3-9H2,1-2H3,(H,14,16). The Hall–Kier alpha value is -0.680. The molecule has 5 heteroatoms. The van der Waals surface area contributed by atoms with E-state index in [1.807, 2.05) is 0 Å². The Labute approximate surface area is 113 Å². The molecule has 1 aromatic heterocycles. The lowest BCUT2D eigenvalue weighted by Crippen LogP contribution is -2.20. The lowest BCUT2D eigenvalue weighted by atomic mass is 9.89. The van der Waals surface area contributed by atoms with E-state index in [-0.39, 0.29) is 0 Å². The fourth-order valence-corrected chi connectivity index (χ4v) is 2.89. The smallest absolute Gasteiger partial charge is 0.205 e. The first-order valence-corrected chi connectivity index (χ1v) is 7.77. The first-order chi connectivity index (χ1) is 8.78. The quantitative estimate of drug-likeness (QED) is 0.859. The third-order valence-corrected chi connectivity index (χ3v) is 4.25. The van der Waals surface area contributed by atoms with Crippen LogP contribution < -0.4 is 5.32 Å². The van der Waals surface area contributed by atoms with Gasteiger partial charge in [-0.1, -0.05) is 25.2 Å². The van der Waals surface area contributed by atoms with Gasteiger partial charge in [-0.2, -0.15) is 0 Å². The van der Waals surface area contributed by atoms with Gasteiger partial charge in [0.05, 0.1) is 6.10 Å². The number of nitrogens with zero attached hydrogens (tertiary/aromatic N) is 2. The van der Waals surface area contributed by atoms with E-state index in [2.05, 4.69) is 29.4 Å². The van der Waals surface area contributed by atoms with Gasteiger partial charge in [-0.05, 0) is 38.0 Å². The molecule has 1 saturated carbocycles. The summed E-state index contributed by atoms with van der Waals surface area (Å²) in [6.07, 6.45) is 6.51. The molecule has 0 amide bonds. The average molecular weight is 269 g/mol. The van der Waals surface area contributed by atoms with Crippen molar-refractivity contribution in [1.82, 2.24) is 10.2 Å². The molecular weight excluding hydrogens is 246 g/mol. The van der Waals surface area contributed by atoms with Crippen LogP contribution in [0.15, 0.2) is 0 Å². The van der Waals surface area contributed by atoms with Crippen LogP contribution >= 0.6 is 11.3 Å². The minimum atomic E-state index is 0.428. The van der Waals surface area contributed by atoms with Crippen LogP contribution in [0.5, 0.6) is 0 Å². The highest BCUT2D eigenvalue weighted by atomic mass is 32.1. The summed E-state index contributed by atoms with van der Waals surface area (Å²) < 4.78 is 5.92. The third-order valence-electron chi connectivity index (χ3n) is 3.40. The van der Waals surface area contributed by atoms with Crippen LogP contribution in [0.4, 0.5) is 5.13 Å². The Morgan fingerprint density at radius 2 is 2.06 bits per heavy atom. The topological polar surface area (TPSA) is 47.0 Å². The van der Waals surface area contributed by atoms with E-state index in [9.17, 15) is 0 Å².